The quantitative estimate of drug-likeness (QED) is 0.536. The van der Waals surface area contributed by atoms with Gasteiger partial charge in [0.2, 0.25) is 0 Å². The number of hydrogen-bond acceptors (Lipinski definition) is 4. The first-order valence-electron chi connectivity index (χ1n) is 8.96. The molecule has 3 rings (SSSR count). The standard InChI is InChI=1S/C11H12N2O2.C8H15NO2/c12-9(11(14)15)5-7-6-13-10-4-2-1-3-8(7)10;10-8(11)6-9-7-4-2-1-3-5-7/h1-4,6,9,13H,5,12H2,(H,14,15);7,9H,1-6H2,(H,10,11)/t9-;/m0./s1. The molecule has 1 heterocycles. The molecule has 0 amide bonds. The Labute approximate surface area is 152 Å². The molecule has 1 saturated carbocycles. The summed E-state index contributed by atoms with van der Waals surface area (Å²) in [5.41, 5.74) is 7.43. The van der Waals surface area contributed by atoms with Crippen molar-refractivity contribution in [1.82, 2.24) is 10.3 Å². The van der Waals surface area contributed by atoms with Crippen LogP contribution in [-0.4, -0.2) is 45.8 Å². The molecule has 7 heteroatoms. The smallest absolute Gasteiger partial charge is 0.320 e. The van der Waals surface area contributed by atoms with E-state index < -0.39 is 18.0 Å². The number of fused-ring (bicyclic) bond motifs is 1. The number of aromatic amines is 1. The van der Waals surface area contributed by atoms with Gasteiger partial charge in [-0.2, -0.15) is 0 Å². The Bertz CT molecular complexity index is 722. The summed E-state index contributed by atoms with van der Waals surface area (Å²) in [6, 6.07) is 7.37. The van der Waals surface area contributed by atoms with E-state index in [1.54, 1.807) is 0 Å². The predicted octanol–water partition coefficient (Wildman–Crippen LogP) is 2.12. The molecule has 6 N–H and O–H groups in total. The maximum Gasteiger partial charge on any atom is 0.320 e. The number of rotatable bonds is 6. The molecule has 1 aromatic carbocycles. The Balaban J connectivity index is 0.000000197. The highest BCUT2D eigenvalue weighted by Gasteiger charge is 2.14. The number of carboxylic acids is 2. The Morgan fingerprint density at radius 3 is 2.54 bits per heavy atom. The fourth-order valence-electron chi connectivity index (χ4n) is 3.16. The van der Waals surface area contributed by atoms with Crippen molar-refractivity contribution in [3.8, 4) is 0 Å². The third-order valence-electron chi connectivity index (χ3n) is 4.58. The van der Waals surface area contributed by atoms with Crippen molar-refractivity contribution in [2.24, 2.45) is 5.73 Å². The largest absolute Gasteiger partial charge is 0.480 e. The van der Waals surface area contributed by atoms with Crippen molar-refractivity contribution in [1.29, 1.82) is 0 Å². The average Bonchev–Trinajstić information content (AvgIpc) is 3.04. The summed E-state index contributed by atoms with van der Waals surface area (Å²) < 4.78 is 0. The van der Waals surface area contributed by atoms with Gasteiger partial charge in [0.05, 0.1) is 6.54 Å². The Hall–Kier alpha value is -2.38. The summed E-state index contributed by atoms with van der Waals surface area (Å²) in [7, 11) is 0. The van der Waals surface area contributed by atoms with E-state index in [4.69, 9.17) is 15.9 Å². The number of nitrogens with two attached hydrogens (primary N) is 1. The lowest BCUT2D eigenvalue weighted by molar-refractivity contribution is -0.138. The van der Waals surface area contributed by atoms with Crippen molar-refractivity contribution in [3.05, 3.63) is 36.0 Å². The van der Waals surface area contributed by atoms with Crippen LogP contribution in [-0.2, 0) is 16.0 Å². The van der Waals surface area contributed by atoms with Crippen molar-refractivity contribution in [3.63, 3.8) is 0 Å². The molecule has 1 aliphatic carbocycles. The molecule has 1 aliphatic rings. The minimum atomic E-state index is -0.972. The monoisotopic (exact) mass is 361 g/mol. The van der Waals surface area contributed by atoms with E-state index >= 15 is 0 Å². The number of carboxylic acid groups (broad SMARTS) is 2. The first kappa shape index (κ1) is 19.9. The van der Waals surface area contributed by atoms with Crippen molar-refractivity contribution < 1.29 is 19.8 Å². The third kappa shape index (κ3) is 6.16. The highest BCUT2D eigenvalue weighted by molar-refractivity contribution is 5.84. The molecule has 0 spiro atoms. The maximum atomic E-state index is 10.6. The summed E-state index contributed by atoms with van der Waals surface area (Å²) >= 11 is 0. The zero-order valence-electron chi connectivity index (χ0n) is 14.8. The molecular formula is C19H27N3O4. The fraction of sp³-hybridized carbons (Fsp3) is 0.474. The normalized spacial score (nSPS) is 15.9. The van der Waals surface area contributed by atoms with Crippen LogP contribution in [0, 0.1) is 0 Å². The first-order valence-corrected chi connectivity index (χ1v) is 8.96. The second kappa shape index (κ2) is 9.94. The Kier molecular flexibility index (Phi) is 7.62. The van der Waals surface area contributed by atoms with E-state index in [2.05, 4.69) is 10.3 Å². The summed E-state index contributed by atoms with van der Waals surface area (Å²) in [6.45, 7) is 0.116. The molecule has 2 aromatic rings. The summed E-state index contributed by atoms with van der Waals surface area (Å²) in [5, 5.41) is 21.2. The number of H-pyrrole nitrogens is 1. The molecule has 0 bridgehead atoms. The zero-order chi connectivity index (χ0) is 18.9. The van der Waals surface area contributed by atoms with Crippen LogP contribution in [0.4, 0.5) is 0 Å². The van der Waals surface area contributed by atoms with E-state index in [9.17, 15) is 9.59 Å². The van der Waals surface area contributed by atoms with Crippen LogP contribution in [0.15, 0.2) is 30.5 Å². The third-order valence-corrected chi connectivity index (χ3v) is 4.58. The molecule has 1 fully saturated rings. The first-order chi connectivity index (χ1) is 12.5. The highest BCUT2D eigenvalue weighted by Crippen LogP contribution is 2.18. The Morgan fingerprint density at radius 1 is 1.19 bits per heavy atom. The van der Waals surface area contributed by atoms with Gasteiger partial charge in [0, 0.05) is 29.6 Å². The van der Waals surface area contributed by atoms with Gasteiger partial charge < -0.3 is 26.2 Å². The van der Waals surface area contributed by atoms with Crippen LogP contribution < -0.4 is 11.1 Å². The molecule has 0 aliphatic heterocycles. The fourth-order valence-corrected chi connectivity index (χ4v) is 3.16. The molecule has 7 nitrogen and oxygen atoms in total. The summed E-state index contributed by atoms with van der Waals surface area (Å²) in [5.74, 6) is -1.73. The van der Waals surface area contributed by atoms with Gasteiger partial charge in [-0.3, -0.25) is 9.59 Å². The number of aromatic nitrogens is 1. The van der Waals surface area contributed by atoms with E-state index in [0.29, 0.717) is 12.5 Å². The predicted molar refractivity (Wildman–Crippen MR) is 100 cm³/mol. The number of para-hydroxylation sites is 1. The van der Waals surface area contributed by atoms with Gasteiger partial charge in [-0.05, 0) is 24.5 Å². The van der Waals surface area contributed by atoms with Crippen LogP contribution in [0.1, 0.15) is 37.7 Å². The lowest BCUT2D eigenvalue weighted by atomic mass is 9.96. The van der Waals surface area contributed by atoms with E-state index in [1.807, 2.05) is 30.5 Å². The van der Waals surface area contributed by atoms with Gasteiger partial charge in [0.25, 0.3) is 0 Å². The number of carbonyl (C=O) groups is 2. The molecule has 26 heavy (non-hydrogen) atoms. The molecule has 142 valence electrons. The topological polar surface area (TPSA) is 128 Å². The second-order valence-electron chi connectivity index (χ2n) is 6.62. The van der Waals surface area contributed by atoms with Crippen LogP contribution in [0.25, 0.3) is 10.9 Å². The Morgan fingerprint density at radius 2 is 1.88 bits per heavy atom. The van der Waals surface area contributed by atoms with Gasteiger partial charge in [-0.1, -0.05) is 37.5 Å². The van der Waals surface area contributed by atoms with E-state index in [-0.39, 0.29) is 6.54 Å². The molecule has 1 atom stereocenters. The van der Waals surface area contributed by atoms with E-state index in [0.717, 1.165) is 29.3 Å². The van der Waals surface area contributed by atoms with Gasteiger partial charge in [-0.25, -0.2) is 0 Å². The molecule has 0 saturated heterocycles. The van der Waals surface area contributed by atoms with Gasteiger partial charge >= 0.3 is 11.9 Å². The van der Waals surface area contributed by atoms with Crippen LogP contribution in [0.2, 0.25) is 0 Å². The number of nitrogens with one attached hydrogen (secondary N) is 2. The minimum absolute atomic E-state index is 0.116. The van der Waals surface area contributed by atoms with Crippen molar-refractivity contribution in [2.75, 3.05) is 6.54 Å². The number of benzene rings is 1. The molecular weight excluding hydrogens is 334 g/mol. The minimum Gasteiger partial charge on any atom is -0.480 e. The number of aliphatic carboxylic acids is 2. The van der Waals surface area contributed by atoms with Gasteiger partial charge in [0.1, 0.15) is 6.04 Å². The zero-order valence-corrected chi connectivity index (χ0v) is 14.8. The summed E-state index contributed by atoms with van der Waals surface area (Å²) in [4.78, 5) is 23.9. The van der Waals surface area contributed by atoms with Crippen molar-refractivity contribution >= 4 is 22.8 Å². The second-order valence-corrected chi connectivity index (χ2v) is 6.62. The lowest BCUT2D eigenvalue weighted by Crippen LogP contribution is -2.34. The average molecular weight is 361 g/mol. The van der Waals surface area contributed by atoms with E-state index in [1.165, 1.54) is 19.3 Å². The summed E-state index contributed by atoms with van der Waals surface area (Å²) in [6.07, 6.45) is 8.26. The molecule has 0 unspecified atom stereocenters. The van der Waals surface area contributed by atoms with Crippen LogP contribution in [0.3, 0.4) is 0 Å². The van der Waals surface area contributed by atoms with Crippen LogP contribution >= 0.6 is 0 Å². The molecule has 0 radical (unpaired) electrons. The van der Waals surface area contributed by atoms with Gasteiger partial charge in [0.15, 0.2) is 0 Å². The highest BCUT2D eigenvalue weighted by atomic mass is 16.4. The number of hydrogen-bond donors (Lipinski definition) is 5. The van der Waals surface area contributed by atoms with Crippen molar-refractivity contribution in [2.45, 2.75) is 50.6 Å². The van der Waals surface area contributed by atoms with Crippen LogP contribution in [0.5, 0.6) is 0 Å². The maximum absolute atomic E-state index is 10.6. The molecule has 1 aromatic heterocycles. The lowest BCUT2D eigenvalue weighted by Gasteiger charge is -2.21. The SMILES string of the molecule is N[C@@H](Cc1c[nH]c2ccccc12)C(=O)O.O=C(O)CNC1CCCCC1. The van der Waals surface area contributed by atoms with Gasteiger partial charge in [-0.15, -0.1) is 0 Å².